The van der Waals surface area contributed by atoms with Gasteiger partial charge in [-0.3, -0.25) is 14.4 Å². The largest absolute Gasteiger partial charge is 0.455 e. The summed E-state index contributed by atoms with van der Waals surface area (Å²) in [5.41, 5.74) is 3.36. The molecule has 1 heterocycles. The lowest BCUT2D eigenvalue weighted by molar-refractivity contribution is -0.156. The molecule has 6 heteroatoms. The Morgan fingerprint density at radius 2 is 1.71 bits per heavy atom. The van der Waals surface area contributed by atoms with E-state index in [2.05, 4.69) is 11.4 Å². The Morgan fingerprint density at radius 3 is 2.42 bits per heavy atom. The van der Waals surface area contributed by atoms with Gasteiger partial charge in [0.2, 0.25) is 5.91 Å². The van der Waals surface area contributed by atoms with E-state index in [-0.39, 0.29) is 18.4 Å². The quantitative estimate of drug-likeness (QED) is 0.754. The van der Waals surface area contributed by atoms with Crippen LogP contribution < -0.4 is 5.32 Å². The molecule has 1 fully saturated rings. The average molecular weight is 421 g/mol. The van der Waals surface area contributed by atoms with Crippen LogP contribution in [0.15, 0.2) is 48.5 Å². The fourth-order valence-corrected chi connectivity index (χ4v) is 4.69. The molecular formula is C25H28N2O4. The molecule has 0 saturated carbocycles. The lowest BCUT2D eigenvalue weighted by atomic mass is 9.72. The van der Waals surface area contributed by atoms with E-state index in [1.165, 1.54) is 18.1 Å². The summed E-state index contributed by atoms with van der Waals surface area (Å²) in [6, 6.07) is 15.5. The number of amides is 2. The van der Waals surface area contributed by atoms with Crippen molar-refractivity contribution in [3.05, 3.63) is 65.2 Å². The van der Waals surface area contributed by atoms with Gasteiger partial charge in [0.25, 0.3) is 5.91 Å². The highest BCUT2D eigenvalue weighted by atomic mass is 16.5. The molecular weight excluding hydrogens is 392 g/mol. The molecule has 6 nitrogen and oxygen atoms in total. The monoisotopic (exact) mass is 420 g/mol. The lowest BCUT2D eigenvalue weighted by Gasteiger charge is -2.40. The van der Waals surface area contributed by atoms with Crippen molar-refractivity contribution in [2.24, 2.45) is 0 Å². The number of benzene rings is 2. The van der Waals surface area contributed by atoms with Crippen molar-refractivity contribution < 1.29 is 19.1 Å². The Morgan fingerprint density at radius 1 is 1.00 bits per heavy atom. The van der Waals surface area contributed by atoms with Crippen molar-refractivity contribution in [1.29, 1.82) is 0 Å². The average Bonchev–Trinajstić information content (AvgIpc) is 3.26. The molecule has 4 rings (SSSR count). The molecule has 2 aromatic rings. The van der Waals surface area contributed by atoms with Gasteiger partial charge in [-0.25, -0.2) is 0 Å². The van der Waals surface area contributed by atoms with Crippen LogP contribution in [0.2, 0.25) is 0 Å². The number of rotatable bonds is 5. The summed E-state index contributed by atoms with van der Waals surface area (Å²) in [6.45, 7) is 2.18. The predicted molar refractivity (Wildman–Crippen MR) is 118 cm³/mol. The maximum Gasteiger partial charge on any atom is 0.317 e. The van der Waals surface area contributed by atoms with E-state index in [1.807, 2.05) is 42.5 Å². The van der Waals surface area contributed by atoms with Gasteiger partial charge in [0.05, 0.1) is 5.41 Å². The minimum atomic E-state index is -0.846. The van der Waals surface area contributed by atoms with Crippen LogP contribution in [-0.2, 0) is 37.4 Å². The van der Waals surface area contributed by atoms with Crippen molar-refractivity contribution in [3.8, 4) is 0 Å². The first-order valence-corrected chi connectivity index (χ1v) is 10.9. The van der Waals surface area contributed by atoms with Gasteiger partial charge in [0, 0.05) is 25.7 Å². The van der Waals surface area contributed by atoms with Crippen molar-refractivity contribution >= 4 is 23.5 Å². The van der Waals surface area contributed by atoms with Crippen LogP contribution in [0.5, 0.6) is 0 Å². The number of nitrogens with one attached hydrogen (secondary N) is 1. The number of anilines is 1. The summed E-state index contributed by atoms with van der Waals surface area (Å²) >= 11 is 0. The third-order valence-corrected chi connectivity index (χ3v) is 6.50. The summed E-state index contributed by atoms with van der Waals surface area (Å²) in [5, 5.41) is 2.84. The maximum atomic E-state index is 13.2. The number of nitrogens with zero attached hydrogens (tertiary/aromatic N) is 1. The standard InChI is InChI=1S/C25H28N2O4/c1-18(28)27-14-12-25(13-15-27,21-8-3-2-4-9-21)24(30)31-17-23(29)26-22-11-10-19-6-5-7-20(19)16-22/h2-4,8-11,16H,5-7,12-15,17H2,1H3,(H,26,29). The van der Waals surface area contributed by atoms with Crippen LogP contribution in [0.3, 0.4) is 0 Å². The topological polar surface area (TPSA) is 75.7 Å². The van der Waals surface area contributed by atoms with E-state index in [0.29, 0.717) is 25.9 Å². The molecule has 2 amide bonds. The predicted octanol–water partition coefficient (Wildman–Crippen LogP) is 3.24. The Kier molecular flexibility index (Phi) is 6.07. The van der Waals surface area contributed by atoms with E-state index in [4.69, 9.17) is 4.74 Å². The first-order chi connectivity index (χ1) is 15.0. The van der Waals surface area contributed by atoms with Crippen molar-refractivity contribution in [3.63, 3.8) is 0 Å². The van der Waals surface area contributed by atoms with Crippen molar-refractivity contribution in [2.45, 2.75) is 44.4 Å². The molecule has 2 aromatic carbocycles. The van der Waals surface area contributed by atoms with E-state index in [1.54, 1.807) is 4.90 Å². The molecule has 0 spiro atoms. The first-order valence-electron chi connectivity index (χ1n) is 10.9. The molecule has 0 unspecified atom stereocenters. The van der Waals surface area contributed by atoms with E-state index >= 15 is 0 Å². The van der Waals surface area contributed by atoms with Gasteiger partial charge in [0.1, 0.15) is 0 Å². The number of esters is 1. The number of fused-ring (bicyclic) bond motifs is 1. The Bertz CT molecular complexity index is 978. The second-order valence-corrected chi connectivity index (χ2v) is 8.42. The van der Waals surface area contributed by atoms with Crippen LogP contribution in [0.4, 0.5) is 5.69 Å². The minimum Gasteiger partial charge on any atom is -0.455 e. The number of carbonyl (C=O) groups excluding carboxylic acids is 3. The van der Waals surface area contributed by atoms with Gasteiger partial charge in [-0.15, -0.1) is 0 Å². The maximum absolute atomic E-state index is 13.2. The van der Waals surface area contributed by atoms with Crippen LogP contribution >= 0.6 is 0 Å². The third-order valence-electron chi connectivity index (χ3n) is 6.50. The number of hydrogen-bond donors (Lipinski definition) is 1. The van der Waals surface area contributed by atoms with E-state index in [9.17, 15) is 14.4 Å². The molecule has 1 saturated heterocycles. The molecule has 1 aliphatic heterocycles. The molecule has 162 valence electrons. The second kappa shape index (κ2) is 8.92. The second-order valence-electron chi connectivity index (χ2n) is 8.42. The molecule has 1 aliphatic carbocycles. The van der Waals surface area contributed by atoms with Crippen molar-refractivity contribution in [1.82, 2.24) is 4.90 Å². The normalized spacial score (nSPS) is 17.0. The SMILES string of the molecule is CC(=O)N1CCC(C(=O)OCC(=O)Nc2ccc3c(c2)CCC3)(c2ccccc2)CC1. The summed E-state index contributed by atoms with van der Waals surface area (Å²) in [7, 11) is 0. The van der Waals surface area contributed by atoms with Crippen LogP contribution in [0, 0.1) is 0 Å². The van der Waals surface area contributed by atoms with Crippen LogP contribution in [-0.4, -0.2) is 42.4 Å². The number of likely N-dealkylation sites (tertiary alicyclic amines) is 1. The highest BCUT2D eigenvalue weighted by Crippen LogP contribution is 2.37. The lowest BCUT2D eigenvalue weighted by Crippen LogP contribution is -2.49. The molecule has 31 heavy (non-hydrogen) atoms. The zero-order valence-corrected chi connectivity index (χ0v) is 17.9. The van der Waals surface area contributed by atoms with Gasteiger partial charge in [-0.2, -0.15) is 0 Å². The van der Waals surface area contributed by atoms with Gasteiger partial charge in [-0.1, -0.05) is 36.4 Å². The third kappa shape index (κ3) is 4.48. The minimum absolute atomic E-state index is 0.00348. The zero-order chi connectivity index (χ0) is 21.8. The summed E-state index contributed by atoms with van der Waals surface area (Å²) < 4.78 is 5.51. The fraction of sp³-hybridized carbons (Fsp3) is 0.400. The van der Waals surface area contributed by atoms with Gasteiger partial charge < -0.3 is 15.0 Å². The summed E-state index contributed by atoms with van der Waals surface area (Å²) in [6.07, 6.45) is 4.21. The Hall–Kier alpha value is -3.15. The number of aryl methyl sites for hydroxylation is 2. The number of piperidine rings is 1. The molecule has 0 atom stereocenters. The number of ether oxygens (including phenoxy) is 1. The molecule has 0 aromatic heterocycles. The Balaban J connectivity index is 1.42. The van der Waals surface area contributed by atoms with Gasteiger partial charge in [-0.05, 0) is 60.9 Å². The van der Waals surface area contributed by atoms with E-state index in [0.717, 1.165) is 30.5 Å². The van der Waals surface area contributed by atoms with E-state index < -0.39 is 11.4 Å². The Labute approximate surface area is 182 Å². The van der Waals surface area contributed by atoms with Gasteiger partial charge >= 0.3 is 5.97 Å². The zero-order valence-electron chi connectivity index (χ0n) is 17.9. The number of carbonyl (C=O) groups is 3. The molecule has 0 radical (unpaired) electrons. The highest BCUT2D eigenvalue weighted by Gasteiger charge is 2.44. The summed E-state index contributed by atoms with van der Waals surface area (Å²) in [5.74, 6) is -0.759. The fourth-order valence-electron chi connectivity index (χ4n) is 4.69. The molecule has 1 N–H and O–H groups in total. The smallest absolute Gasteiger partial charge is 0.317 e. The molecule has 0 bridgehead atoms. The molecule has 2 aliphatic rings. The summed E-state index contributed by atoms with van der Waals surface area (Å²) in [4.78, 5) is 39.1. The van der Waals surface area contributed by atoms with Crippen molar-refractivity contribution in [2.75, 3.05) is 25.0 Å². The highest BCUT2D eigenvalue weighted by molar-refractivity contribution is 5.94. The van der Waals surface area contributed by atoms with Crippen LogP contribution in [0.1, 0.15) is 42.9 Å². The first kappa shape index (κ1) is 21.1. The van der Waals surface area contributed by atoms with Crippen LogP contribution in [0.25, 0.3) is 0 Å². The van der Waals surface area contributed by atoms with Gasteiger partial charge in [0.15, 0.2) is 6.61 Å². The number of hydrogen-bond acceptors (Lipinski definition) is 4.